The lowest BCUT2D eigenvalue weighted by Crippen LogP contribution is -2.34. The molecule has 1 aliphatic carbocycles. The molecule has 1 aromatic rings. The van der Waals surface area contributed by atoms with Crippen molar-refractivity contribution in [3.8, 4) is 0 Å². The van der Waals surface area contributed by atoms with Gasteiger partial charge < -0.3 is 5.32 Å². The number of hydrogen-bond donors (Lipinski definition) is 1. The van der Waals surface area contributed by atoms with Gasteiger partial charge in [-0.2, -0.15) is 0 Å². The first-order valence-corrected chi connectivity index (χ1v) is 7.72. The third-order valence-corrected chi connectivity index (χ3v) is 4.48. The van der Waals surface area contributed by atoms with Gasteiger partial charge in [0.25, 0.3) is 0 Å². The standard InChI is InChI=1S/C17H26ClN/c1-12-5-6-13(16(18)9-12)10-14(17(2,3)4)11-19-15-7-8-15/h5-6,9,14-15,19H,7-8,10-11H2,1-4H3. The highest BCUT2D eigenvalue weighted by Gasteiger charge is 2.28. The van der Waals surface area contributed by atoms with Crippen LogP contribution in [0.25, 0.3) is 0 Å². The van der Waals surface area contributed by atoms with Crippen molar-refractivity contribution in [1.29, 1.82) is 0 Å². The zero-order chi connectivity index (χ0) is 14.0. The largest absolute Gasteiger partial charge is 0.314 e. The van der Waals surface area contributed by atoms with Crippen LogP contribution in [0.2, 0.25) is 5.02 Å². The van der Waals surface area contributed by atoms with Gasteiger partial charge in [0.15, 0.2) is 0 Å². The molecule has 106 valence electrons. The van der Waals surface area contributed by atoms with E-state index in [1.165, 1.54) is 24.0 Å². The zero-order valence-electron chi connectivity index (χ0n) is 12.6. The number of benzene rings is 1. The van der Waals surface area contributed by atoms with E-state index in [0.29, 0.717) is 11.3 Å². The SMILES string of the molecule is Cc1ccc(CC(CNC2CC2)C(C)(C)C)c(Cl)c1. The number of rotatable bonds is 5. The predicted octanol–water partition coefficient (Wildman–Crippen LogP) is 4.61. The van der Waals surface area contributed by atoms with Crippen molar-refractivity contribution < 1.29 is 0 Å². The number of hydrogen-bond acceptors (Lipinski definition) is 1. The van der Waals surface area contributed by atoms with Gasteiger partial charge in [-0.3, -0.25) is 0 Å². The normalized spacial score (nSPS) is 17.5. The quantitative estimate of drug-likeness (QED) is 0.830. The van der Waals surface area contributed by atoms with Gasteiger partial charge >= 0.3 is 0 Å². The summed E-state index contributed by atoms with van der Waals surface area (Å²) >= 11 is 6.38. The van der Waals surface area contributed by atoms with E-state index >= 15 is 0 Å². The van der Waals surface area contributed by atoms with Crippen LogP contribution < -0.4 is 5.32 Å². The maximum absolute atomic E-state index is 6.38. The minimum absolute atomic E-state index is 0.302. The Kier molecular flexibility index (Phi) is 4.58. The highest BCUT2D eigenvalue weighted by Crippen LogP contribution is 2.32. The van der Waals surface area contributed by atoms with Crippen LogP contribution >= 0.6 is 11.6 Å². The first-order valence-electron chi connectivity index (χ1n) is 7.34. The Bertz CT molecular complexity index is 429. The van der Waals surface area contributed by atoms with Crippen molar-refractivity contribution in [2.24, 2.45) is 11.3 Å². The van der Waals surface area contributed by atoms with Gasteiger partial charge in [-0.25, -0.2) is 0 Å². The van der Waals surface area contributed by atoms with Gasteiger partial charge in [0.05, 0.1) is 0 Å². The van der Waals surface area contributed by atoms with Crippen molar-refractivity contribution >= 4 is 11.6 Å². The summed E-state index contributed by atoms with van der Waals surface area (Å²) in [6, 6.07) is 7.20. The van der Waals surface area contributed by atoms with Crippen LogP contribution in [-0.4, -0.2) is 12.6 Å². The molecule has 1 aromatic carbocycles. The van der Waals surface area contributed by atoms with E-state index in [2.05, 4.69) is 51.2 Å². The second-order valence-corrected chi connectivity index (χ2v) is 7.45. The Morgan fingerprint density at radius 2 is 2.00 bits per heavy atom. The molecule has 1 atom stereocenters. The monoisotopic (exact) mass is 279 g/mol. The van der Waals surface area contributed by atoms with E-state index in [4.69, 9.17) is 11.6 Å². The van der Waals surface area contributed by atoms with Crippen LogP contribution in [0.1, 0.15) is 44.7 Å². The third-order valence-electron chi connectivity index (χ3n) is 4.13. The van der Waals surface area contributed by atoms with Gasteiger partial charge in [0.1, 0.15) is 0 Å². The Morgan fingerprint density at radius 3 is 2.53 bits per heavy atom. The summed E-state index contributed by atoms with van der Waals surface area (Å²) in [6.45, 7) is 10.2. The van der Waals surface area contributed by atoms with E-state index in [-0.39, 0.29) is 0 Å². The maximum Gasteiger partial charge on any atom is 0.0440 e. The molecule has 1 N–H and O–H groups in total. The molecule has 1 aliphatic rings. The minimum Gasteiger partial charge on any atom is -0.314 e. The molecule has 0 heterocycles. The van der Waals surface area contributed by atoms with E-state index in [1.807, 2.05) is 0 Å². The average Bonchev–Trinajstić information content (AvgIpc) is 3.09. The Balaban J connectivity index is 2.05. The van der Waals surface area contributed by atoms with Crippen molar-refractivity contribution in [3.63, 3.8) is 0 Å². The summed E-state index contributed by atoms with van der Waals surface area (Å²) < 4.78 is 0. The van der Waals surface area contributed by atoms with Crippen molar-refractivity contribution in [1.82, 2.24) is 5.32 Å². The van der Waals surface area contributed by atoms with Gasteiger partial charge in [0, 0.05) is 11.1 Å². The first kappa shape index (κ1) is 14.9. The molecule has 0 aliphatic heterocycles. The fourth-order valence-corrected chi connectivity index (χ4v) is 2.68. The molecule has 1 unspecified atom stereocenters. The second kappa shape index (κ2) is 5.85. The summed E-state index contributed by atoms with van der Waals surface area (Å²) in [5, 5.41) is 4.59. The molecule has 1 nitrogen and oxygen atoms in total. The highest BCUT2D eigenvalue weighted by atomic mass is 35.5. The van der Waals surface area contributed by atoms with E-state index in [0.717, 1.165) is 24.0 Å². The zero-order valence-corrected chi connectivity index (χ0v) is 13.3. The molecule has 0 radical (unpaired) electrons. The van der Waals surface area contributed by atoms with Gasteiger partial charge in [-0.1, -0.05) is 44.5 Å². The van der Waals surface area contributed by atoms with Crippen LogP contribution in [0.4, 0.5) is 0 Å². The molecule has 0 aromatic heterocycles. The molecule has 2 heteroatoms. The van der Waals surface area contributed by atoms with Crippen LogP contribution in [0.5, 0.6) is 0 Å². The summed E-state index contributed by atoms with van der Waals surface area (Å²) in [6.07, 6.45) is 3.76. The van der Waals surface area contributed by atoms with Crippen molar-refractivity contribution in [2.45, 2.75) is 53.0 Å². The van der Waals surface area contributed by atoms with Crippen LogP contribution in [0.3, 0.4) is 0 Å². The topological polar surface area (TPSA) is 12.0 Å². The van der Waals surface area contributed by atoms with Gasteiger partial charge in [-0.15, -0.1) is 0 Å². The molecular formula is C17H26ClN. The van der Waals surface area contributed by atoms with Gasteiger partial charge in [-0.05, 0) is 61.3 Å². The molecule has 0 amide bonds. The first-order chi connectivity index (χ1) is 8.86. The summed E-state index contributed by atoms with van der Waals surface area (Å²) in [5.41, 5.74) is 2.82. The molecule has 0 saturated heterocycles. The molecule has 1 fully saturated rings. The molecule has 0 spiro atoms. The highest BCUT2D eigenvalue weighted by molar-refractivity contribution is 6.31. The maximum atomic E-state index is 6.38. The lowest BCUT2D eigenvalue weighted by Gasteiger charge is -2.31. The van der Waals surface area contributed by atoms with E-state index in [9.17, 15) is 0 Å². The minimum atomic E-state index is 0.302. The fourth-order valence-electron chi connectivity index (χ4n) is 2.36. The van der Waals surface area contributed by atoms with Gasteiger partial charge in [0.2, 0.25) is 0 Å². The predicted molar refractivity (Wildman–Crippen MR) is 83.9 cm³/mol. The molecular weight excluding hydrogens is 254 g/mol. The number of nitrogens with one attached hydrogen (secondary N) is 1. The molecule has 2 rings (SSSR count). The smallest absolute Gasteiger partial charge is 0.0440 e. The Labute approximate surface area is 122 Å². The Hall–Kier alpha value is -0.530. The summed E-state index contributed by atoms with van der Waals surface area (Å²) in [4.78, 5) is 0. The molecule has 0 bridgehead atoms. The molecule has 1 saturated carbocycles. The number of halogens is 1. The fraction of sp³-hybridized carbons (Fsp3) is 0.647. The van der Waals surface area contributed by atoms with Crippen LogP contribution in [-0.2, 0) is 6.42 Å². The molecule has 19 heavy (non-hydrogen) atoms. The third kappa shape index (κ3) is 4.50. The van der Waals surface area contributed by atoms with Crippen LogP contribution in [0.15, 0.2) is 18.2 Å². The number of aryl methyl sites for hydroxylation is 1. The van der Waals surface area contributed by atoms with Crippen molar-refractivity contribution in [2.75, 3.05) is 6.54 Å². The van der Waals surface area contributed by atoms with Crippen LogP contribution in [0, 0.1) is 18.3 Å². The second-order valence-electron chi connectivity index (χ2n) is 7.04. The lowest BCUT2D eigenvalue weighted by molar-refractivity contribution is 0.230. The lowest BCUT2D eigenvalue weighted by atomic mass is 9.77. The van der Waals surface area contributed by atoms with Crippen molar-refractivity contribution in [3.05, 3.63) is 34.3 Å². The Morgan fingerprint density at radius 1 is 1.32 bits per heavy atom. The van der Waals surface area contributed by atoms with E-state index < -0.39 is 0 Å². The van der Waals surface area contributed by atoms with E-state index in [1.54, 1.807) is 0 Å². The average molecular weight is 280 g/mol. The summed E-state index contributed by atoms with van der Waals surface area (Å²) in [7, 11) is 0. The summed E-state index contributed by atoms with van der Waals surface area (Å²) in [5.74, 6) is 0.619.